The van der Waals surface area contributed by atoms with Crippen LogP contribution >= 0.6 is 12.4 Å². The summed E-state index contributed by atoms with van der Waals surface area (Å²) in [5.41, 5.74) is 5.50. The second-order valence-electron chi connectivity index (χ2n) is 5.44. The van der Waals surface area contributed by atoms with Crippen molar-refractivity contribution >= 4 is 23.8 Å². The fourth-order valence-electron chi connectivity index (χ4n) is 2.79. The SMILES string of the molecule is CN(C)Cc1cccc(N2CCc3ccccc32)c1.Cl. The number of benzene rings is 2. The van der Waals surface area contributed by atoms with Crippen LogP contribution in [0.1, 0.15) is 11.1 Å². The molecule has 0 saturated heterocycles. The maximum Gasteiger partial charge on any atom is 0.0444 e. The quantitative estimate of drug-likeness (QED) is 0.846. The molecule has 2 aromatic carbocycles. The molecule has 2 nitrogen and oxygen atoms in total. The average molecular weight is 289 g/mol. The van der Waals surface area contributed by atoms with Gasteiger partial charge in [-0.2, -0.15) is 0 Å². The van der Waals surface area contributed by atoms with Crippen molar-refractivity contribution in [1.29, 1.82) is 0 Å². The number of para-hydroxylation sites is 1. The van der Waals surface area contributed by atoms with Crippen LogP contribution in [0, 0.1) is 0 Å². The smallest absolute Gasteiger partial charge is 0.0444 e. The highest BCUT2D eigenvalue weighted by atomic mass is 35.5. The molecule has 2 aromatic rings. The summed E-state index contributed by atoms with van der Waals surface area (Å²) in [6, 6.07) is 17.6. The fourth-order valence-corrected chi connectivity index (χ4v) is 2.79. The molecule has 3 heteroatoms. The second-order valence-corrected chi connectivity index (χ2v) is 5.44. The fraction of sp³-hybridized carbons (Fsp3) is 0.294. The molecule has 0 aromatic heterocycles. The van der Waals surface area contributed by atoms with E-state index in [-0.39, 0.29) is 12.4 Å². The van der Waals surface area contributed by atoms with Crippen molar-refractivity contribution in [3.63, 3.8) is 0 Å². The van der Waals surface area contributed by atoms with E-state index in [1.54, 1.807) is 0 Å². The number of halogens is 1. The lowest BCUT2D eigenvalue weighted by Gasteiger charge is -2.21. The first kappa shape index (κ1) is 14.9. The first-order valence-corrected chi connectivity index (χ1v) is 6.83. The maximum atomic E-state index is 2.43. The van der Waals surface area contributed by atoms with Crippen molar-refractivity contribution < 1.29 is 0 Å². The largest absolute Gasteiger partial charge is 0.341 e. The van der Waals surface area contributed by atoms with E-state index in [4.69, 9.17) is 0 Å². The van der Waals surface area contributed by atoms with Gasteiger partial charge in [0.05, 0.1) is 0 Å². The Morgan fingerprint density at radius 1 is 1.05 bits per heavy atom. The highest BCUT2D eigenvalue weighted by molar-refractivity contribution is 5.85. The van der Waals surface area contributed by atoms with E-state index < -0.39 is 0 Å². The third kappa shape index (κ3) is 2.97. The van der Waals surface area contributed by atoms with Gasteiger partial charge in [0.1, 0.15) is 0 Å². The lowest BCUT2D eigenvalue weighted by Crippen LogP contribution is -2.15. The molecule has 0 bridgehead atoms. The number of rotatable bonds is 3. The summed E-state index contributed by atoms with van der Waals surface area (Å²) in [5, 5.41) is 0. The molecule has 0 unspecified atom stereocenters. The summed E-state index contributed by atoms with van der Waals surface area (Å²) in [4.78, 5) is 4.63. The lowest BCUT2D eigenvalue weighted by atomic mass is 10.1. The molecule has 0 radical (unpaired) electrons. The first-order valence-electron chi connectivity index (χ1n) is 6.83. The van der Waals surface area contributed by atoms with E-state index in [0.29, 0.717) is 0 Å². The van der Waals surface area contributed by atoms with Crippen LogP contribution in [0.15, 0.2) is 48.5 Å². The van der Waals surface area contributed by atoms with Crippen LogP contribution in [0.3, 0.4) is 0 Å². The standard InChI is InChI=1S/C17H20N2.ClH/c1-18(2)13-14-6-5-8-16(12-14)19-11-10-15-7-3-4-9-17(15)19;/h3-9,12H,10-11,13H2,1-2H3;1H. The van der Waals surface area contributed by atoms with E-state index in [1.165, 1.54) is 22.5 Å². The lowest BCUT2D eigenvalue weighted by molar-refractivity contribution is 0.402. The third-order valence-corrected chi connectivity index (χ3v) is 3.61. The van der Waals surface area contributed by atoms with E-state index in [0.717, 1.165) is 19.5 Å². The predicted molar refractivity (Wildman–Crippen MR) is 88.2 cm³/mol. The Hall–Kier alpha value is -1.51. The number of anilines is 2. The molecule has 0 N–H and O–H groups in total. The maximum absolute atomic E-state index is 2.43. The zero-order valence-electron chi connectivity index (χ0n) is 12.0. The van der Waals surface area contributed by atoms with Gasteiger partial charge in [0.15, 0.2) is 0 Å². The summed E-state index contributed by atoms with van der Waals surface area (Å²) in [6.45, 7) is 2.08. The van der Waals surface area contributed by atoms with E-state index >= 15 is 0 Å². The molecule has 1 aliphatic heterocycles. The van der Waals surface area contributed by atoms with E-state index in [1.807, 2.05) is 0 Å². The minimum absolute atomic E-state index is 0. The van der Waals surface area contributed by atoms with Gasteiger partial charge in [0, 0.05) is 24.5 Å². The van der Waals surface area contributed by atoms with Crippen molar-refractivity contribution in [2.75, 3.05) is 25.5 Å². The van der Waals surface area contributed by atoms with Gasteiger partial charge in [-0.25, -0.2) is 0 Å². The summed E-state index contributed by atoms with van der Waals surface area (Å²) in [6.07, 6.45) is 1.15. The van der Waals surface area contributed by atoms with Crippen LogP contribution in [0.2, 0.25) is 0 Å². The van der Waals surface area contributed by atoms with Crippen LogP contribution in [-0.4, -0.2) is 25.5 Å². The average Bonchev–Trinajstić information content (AvgIpc) is 2.82. The topological polar surface area (TPSA) is 6.48 Å². The minimum atomic E-state index is 0. The molecular formula is C17H21ClN2. The van der Waals surface area contributed by atoms with Gasteiger partial charge in [-0.15, -0.1) is 12.4 Å². The molecule has 0 fully saturated rings. The van der Waals surface area contributed by atoms with Gasteiger partial charge >= 0.3 is 0 Å². The van der Waals surface area contributed by atoms with Crippen molar-refractivity contribution in [3.05, 3.63) is 59.7 Å². The molecule has 0 saturated carbocycles. The van der Waals surface area contributed by atoms with Gasteiger partial charge in [-0.1, -0.05) is 30.3 Å². The third-order valence-electron chi connectivity index (χ3n) is 3.61. The summed E-state index contributed by atoms with van der Waals surface area (Å²) in [5.74, 6) is 0. The van der Waals surface area contributed by atoms with Crippen molar-refractivity contribution in [2.45, 2.75) is 13.0 Å². The van der Waals surface area contributed by atoms with Crippen LogP contribution in [-0.2, 0) is 13.0 Å². The van der Waals surface area contributed by atoms with Crippen molar-refractivity contribution in [3.8, 4) is 0 Å². The zero-order chi connectivity index (χ0) is 13.2. The van der Waals surface area contributed by atoms with Crippen LogP contribution in [0.4, 0.5) is 11.4 Å². The first-order chi connectivity index (χ1) is 9.24. The molecule has 106 valence electrons. The van der Waals surface area contributed by atoms with Crippen LogP contribution in [0.25, 0.3) is 0 Å². The van der Waals surface area contributed by atoms with Crippen LogP contribution < -0.4 is 4.90 Å². The molecule has 1 aliphatic rings. The molecule has 0 amide bonds. The Labute approximate surface area is 127 Å². The van der Waals surface area contributed by atoms with Gasteiger partial charge in [0.2, 0.25) is 0 Å². The van der Waals surface area contributed by atoms with Gasteiger partial charge < -0.3 is 9.80 Å². The Morgan fingerprint density at radius 3 is 2.65 bits per heavy atom. The van der Waals surface area contributed by atoms with Crippen LogP contribution in [0.5, 0.6) is 0 Å². The molecule has 0 aliphatic carbocycles. The highest BCUT2D eigenvalue weighted by Crippen LogP contribution is 2.34. The molecule has 20 heavy (non-hydrogen) atoms. The minimum Gasteiger partial charge on any atom is -0.341 e. The number of fused-ring (bicyclic) bond motifs is 1. The van der Waals surface area contributed by atoms with Crippen molar-refractivity contribution in [1.82, 2.24) is 4.90 Å². The Morgan fingerprint density at radius 2 is 1.85 bits per heavy atom. The monoisotopic (exact) mass is 288 g/mol. The molecule has 1 heterocycles. The number of hydrogen-bond acceptors (Lipinski definition) is 2. The predicted octanol–water partition coefficient (Wildman–Crippen LogP) is 3.86. The summed E-state index contributed by atoms with van der Waals surface area (Å²) < 4.78 is 0. The normalized spacial score (nSPS) is 13.2. The molecule has 0 atom stereocenters. The summed E-state index contributed by atoms with van der Waals surface area (Å²) in [7, 11) is 4.22. The van der Waals surface area contributed by atoms with Crippen molar-refractivity contribution in [2.24, 2.45) is 0 Å². The second kappa shape index (κ2) is 6.29. The molecule has 3 rings (SSSR count). The number of hydrogen-bond donors (Lipinski definition) is 0. The molecular weight excluding hydrogens is 268 g/mol. The van der Waals surface area contributed by atoms with E-state index in [2.05, 4.69) is 72.4 Å². The Balaban J connectivity index is 0.00000147. The Bertz CT molecular complexity index is 581. The highest BCUT2D eigenvalue weighted by Gasteiger charge is 2.19. The van der Waals surface area contributed by atoms with E-state index in [9.17, 15) is 0 Å². The zero-order valence-corrected chi connectivity index (χ0v) is 12.9. The van der Waals surface area contributed by atoms with Gasteiger partial charge in [-0.05, 0) is 49.8 Å². The summed E-state index contributed by atoms with van der Waals surface area (Å²) >= 11 is 0. The molecule has 0 spiro atoms. The number of nitrogens with zero attached hydrogens (tertiary/aromatic N) is 2. The van der Waals surface area contributed by atoms with Gasteiger partial charge in [0.25, 0.3) is 0 Å². The Kier molecular flexibility index (Phi) is 4.69. The van der Waals surface area contributed by atoms with Gasteiger partial charge in [-0.3, -0.25) is 0 Å².